The Morgan fingerprint density at radius 1 is 1.39 bits per heavy atom. The Bertz CT molecular complexity index is 362. The summed E-state index contributed by atoms with van der Waals surface area (Å²) in [6.45, 7) is 6.89. The Hall–Kier alpha value is -1.29. The number of aromatic nitrogens is 1. The minimum Gasteiger partial charge on any atom is -0.481 e. The zero-order valence-corrected chi connectivity index (χ0v) is 11.4. The molecule has 0 amide bonds. The zero-order valence-electron chi connectivity index (χ0n) is 11.4. The van der Waals surface area contributed by atoms with Crippen LogP contribution in [0.15, 0.2) is 18.2 Å². The predicted molar refractivity (Wildman–Crippen MR) is 74.1 cm³/mol. The molecule has 1 aliphatic heterocycles. The minimum atomic E-state index is 0.667. The van der Waals surface area contributed by atoms with Gasteiger partial charge in [-0.05, 0) is 44.5 Å². The second kappa shape index (κ2) is 6.59. The first-order chi connectivity index (χ1) is 8.81. The van der Waals surface area contributed by atoms with E-state index in [0.717, 1.165) is 18.3 Å². The summed E-state index contributed by atoms with van der Waals surface area (Å²) in [4.78, 5) is 6.88. The van der Waals surface area contributed by atoms with Crippen LogP contribution >= 0.6 is 0 Å². The van der Waals surface area contributed by atoms with Crippen molar-refractivity contribution in [3.05, 3.63) is 18.2 Å². The van der Waals surface area contributed by atoms with Gasteiger partial charge in [-0.3, -0.25) is 0 Å². The summed E-state index contributed by atoms with van der Waals surface area (Å²) >= 11 is 0. The Kier molecular flexibility index (Phi) is 4.81. The van der Waals surface area contributed by atoms with Crippen molar-refractivity contribution in [1.82, 2.24) is 9.88 Å². The van der Waals surface area contributed by atoms with Gasteiger partial charge in [0.25, 0.3) is 0 Å². The van der Waals surface area contributed by atoms with Crippen LogP contribution in [0.1, 0.15) is 19.8 Å². The van der Waals surface area contributed by atoms with Crippen LogP contribution in [0.5, 0.6) is 5.88 Å². The number of hydrogen-bond donors (Lipinski definition) is 1. The van der Waals surface area contributed by atoms with Gasteiger partial charge in [0.15, 0.2) is 0 Å². The zero-order chi connectivity index (χ0) is 12.8. The molecule has 1 fully saturated rings. The maximum absolute atomic E-state index is 5.12. The van der Waals surface area contributed by atoms with Gasteiger partial charge in [-0.25, -0.2) is 0 Å². The van der Waals surface area contributed by atoms with Crippen molar-refractivity contribution in [1.29, 1.82) is 0 Å². The van der Waals surface area contributed by atoms with Crippen LogP contribution < -0.4 is 10.1 Å². The van der Waals surface area contributed by atoms with Crippen LogP contribution in [0.2, 0.25) is 0 Å². The molecule has 1 N–H and O–H groups in total. The van der Waals surface area contributed by atoms with Gasteiger partial charge in [0, 0.05) is 12.6 Å². The third-order valence-electron chi connectivity index (χ3n) is 3.66. The van der Waals surface area contributed by atoms with E-state index < -0.39 is 0 Å². The molecule has 0 radical (unpaired) electrons. The highest BCUT2D eigenvalue weighted by Crippen LogP contribution is 2.18. The van der Waals surface area contributed by atoms with Crippen molar-refractivity contribution in [2.24, 2.45) is 5.92 Å². The molecule has 100 valence electrons. The number of nitrogens with one attached hydrogen (secondary N) is 1. The molecule has 4 heteroatoms. The number of piperidine rings is 1. The summed E-state index contributed by atoms with van der Waals surface area (Å²) in [7, 11) is 1.65. The quantitative estimate of drug-likeness (QED) is 0.868. The molecular formula is C14H23N3O. The van der Waals surface area contributed by atoms with Gasteiger partial charge in [0.1, 0.15) is 5.82 Å². The smallest absolute Gasteiger partial charge is 0.214 e. The Morgan fingerprint density at radius 2 is 2.17 bits per heavy atom. The van der Waals surface area contributed by atoms with E-state index in [1.54, 1.807) is 7.11 Å². The van der Waals surface area contributed by atoms with E-state index in [0.29, 0.717) is 5.88 Å². The van der Waals surface area contributed by atoms with Gasteiger partial charge in [-0.1, -0.05) is 13.0 Å². The molecule has 1 aromatic heterocycles. The Labute approximate surface area is 109 Å². The van der Waals surface area contributed by atoms with Crippen molar-refractivity contribution in [2.45, 2.75) is 19.8 Å². The number of hydrogen-bond acceptors (Lipinski definition) is 4. The first-order valence-corrected chi connectivity index (χ1v) is 6.79. The first-order valence-electron chi connectivity index (χ1n) is 6.79. The second-order valence-electron chi connectivity index (χ2n) is 4.82. The third-order valence-corrected chi connectivity index (χ3v) is 3.66. The fourth-order valence-corrected chi connectivity index (χ4v) is 2.38. The summed E-state index contributed by atoms with van der Waals surface area (Å²) in [6, 6.07) is 5.82. The summed E-state index contributed by atoms with van der Waals surface area (Å²) in [5.41, 5.74) is 0. The van der Waals surface area contributed by atoms with Gasteiger partial charge in [0.05, 0.1) is 7.11 Å². The fourth-order valence-electron chi connectivity index (χ4n) is 2.38. The van der Waals surface area contributed by atoms with Gasteiger partial charge >= 0.3 is 0 Å². The monoisotopic (exact) mass is 249 g/mol. The molecule has 0 saturated carbocycles. The lowest BCUT2D eigenvalue weighted by atomic mass is 9.97. The van der Waals surface area contributed by atoms with Crippen LogP contribution in [-0.2, 0) is 0 Å². The average molecular weight is 249 g/mol. The van der Waals surface area contributed by atoms with Crippen LogP contribution in [-0.4, -0.2) is 43.2 Å². The van der Waals surface area contributed by atoms with Crippen molar-refractivity contribution >= 4 is 5.82 Å². The summed E-state index contributed by atoms with van der Waals surface area (Å²) in [5.74, 6) is 2.34. The van der Waals surface area contributed by atoms with Crippen LogP contribution in [0.4, 0.5) is 5.82 Å². The second-order valence-corrected chi connectivity index (χ2v) is 4.82. The largest absolute Gasteiger partial charge is 0.481 e. The predicted octanol–water partition coefficient (Wildman–Crippen LogP) is 2.23. The van der Waals surface area contributed by atoms with Gasteiger partial charge < -0.3 is 15.0 Å². The van der Waals surface area contributed by atoms with E-state index in [2.05, 4.69) is 22.1 Å². The summed E-state index contributed by atoms with van der Waals surface area (Å²) < 4.78 is 5.12. The van der Waals surface area contributed by atoms with E-state index in [9.17, 15) is 0 Å². The average Bonchev–Trinajstić information content (AvgIpc) is 2.46. The lowest BCUT2D eigenvalue weighted by Crippen LogP contribution is -2.35. The van der Waals surface area contributed by atoms with E-state index in [4.69, 9.17) is 4.74 Å². The van der Waals surface area contributed by atoms with E-state index in [1.165, 1.54) is 32.5 Å². The van der Waals surface area contributed by atoms with Crippen LogP contribution in [0.3, 0.4) is 0 Å². The highest BCUT2D eigenvalue weighted by atomic mass is 16.5. The minimum absolute atomic E-state index is 0.667. The van der Waals surface area contributed by atoms with Crippen molar-refractivity contribution in [3.8, 4) is 5.88 Å². The fraction of sp³-hybridized carbons (Fsp3) is 0.643. The number of likely N-dealkylation sites (tertiary alicyclic amines) is 1. The molecule has 4 nitrogen and oxygen atoms in total. The van der Waals surface area contributed by atoms with Crippen molar-refractivity contribution in [2.75, 3.05) is 38.6 Å². The number of anilines is 1. The number of nitrogens with zero attached hydrogens (tertiary/aromatic N) is 2. The molecule has 2 heterocycles. The molecule has 0 aliphatic carbocycles. The maximum Gasteiger partial charge on any atom is 0.214 e. The Morgan fingerprint density at radius 3 is 2.83 bits per heavy atom. The highest BCUT2D eigenvalue weighted by molar-refractivity contribution is 5.36. The molecule has 1 aliphatic rings. The standard InChI is InChI=1S/C14H23N3O/c1-3-17-9-7-12(8-10-17)11-15-13-5-4-6-14(16-13)18-2/h4-6,12H,3,7-11H2,1-2H3,(H,15,16). The third kappa shape index (κ3) is 3.60. The van der Waals surface area contributed by atoms with Gasteiger partial charge in [0.2, 0.25) is 5.88 Å². The molecule has 1 aromatic rings. The van der Waals surface area contributed by atoms with Crippen LogP contribution in [0, 0.1) is 5.92 Å². The lowest BCUT2D eigenvalue weighted by Gasteiger charge is -2.31. The summed E-state index contributed by atoms with van der Waals surface area (Å²) in [5, 5.41) is 3.41. The molecule has 0 spiro atoms. The molecule has 0 atom stereocenters. The Balaban J connectivity index is 1.77. The van der Waals surface area contributed by atoms with Crippen molar-refractivity contribution < 1.29 is 4.74 Å². The number of ether oxygens (including phenoxy) is 1. The molecule has 0 bridgehead atoms. The lowest BCUT2D eigenvalue weighted by molar-refractivity contribution is 0.198. The molecule has 2 rings (SSSR count). The number of rotatable bonds is 5. The molecule has 0 aromatic carbocycles. The van der Waals surface area contributed by atoms with E-state index in [1.807, 2.05) is 18.2 Å². The van der Waals surface area contributed by atoms with E-state index >= 15 is 0 Å². The molecule has 1 saturated heterocycles. The van der Waals surface area contributed by atoms with Crippen molar-refractivity contribution in [3.63, 3.8) is 0 Å². The molecular weight excluding hydrogens is 226 g/mol. The van der Waals surface area contributed by atoms with Gasteiger partial charge in [-0.15, -0.1) is 0 Å². The molecule has 0 unspecified atom stereocenters. The SMILES string of the molecule is CCN1CCC(CNc2cccc(OC)n2)CC1. The maximum atomic E-state index is 5.12. The number of methoxy groups -OCH3 is 1. The van der Waals surface area contributed by atoms with Crippen LogP contribution in [0.25, 0.3) is 0 Å². The molecule has 18 heavy (non-hydrogen) atoms. The van der Waals surface area contributed by atoms with E-state index in [-0.39, 0.29) is 0 Å². The highest BCUT2D eigenvalue weighted by Gasteiger charge is 2.17. The summed E-state index contributed by atoms with van der Waals surface area (Å²) in [6.07, 6.45) is 2.57. The topological polar surface area (TPSA) is 37.4 Å². The number of pyridine rings is 1. The van der Waals surface area contributed by atoms with Gasteiger partial charge in [-0.2, -0.15) is 4.98 Å². The first kappa shape index (κ1) is 13.1. The normalized spacial score (nSPS) is 17.7.